The van der Waals surface area contributed by atoms with Crippen LogP contribution in [-0.2, 0) is 0 Å². The summed E-state index contributed by atoms with van der Waals surface area (Å²) >= 11 is 0. The lowest BCUT2D eigenvalue weighted by Crippen LogP contribution is -2.35. The molecule has 1 aliphatic heterocycles. The Morgan fingerprint density at radius 1 is 1.00 bits per heavy atom. The lowest BCUT2D eigenvalue weighted by Gasteiger charge is -2.29. The van der Waals surface area contributed by atoms with Gasteiger partial charge in [0.1, 0.15) is 0 Å². The van der Waals surface area contributed by atoms with E-state index >= 15 is 0 Å². The molecular weight excluding hydrogens is 194 g/mol. The second-order valence-corrected chi connectivity index (χ2v) is 5.78. The van der Waals surface area contributed by atoms with Gasteiger partial charge in [0.15, 0.2) is 0 Å². The number of hydrogen-bond donors (Lipinski definition) is 0. The zero-order valence-corrected chi connectivity index (χ0v) is 11.7. The van der Waals surface area contributed by atoms with Crippen LogP contribution in [0.25, 0.3) is 0 Å². The van der Waals surface area contributed by atoms with E-state index in [-0.39, 0.29) is 0 Å². The summed E-state index contributed by atoms with van der Waals surface area (Å²) in [7, 11) is 0. The highest BCUT2D eigenvalue weighted by molar-refractivity contribution is 4.72. The van der Waals surface area contributed by atoms with Gasteiger partial charge >= 0.3 is 0 Å². The first-order valence-electron chi connectivity index (χ1n) is 7.48. The fraction of sp³-hybridized carbons (Fsp3) is 1.00. The fourth-order valence-corrected chi connectivity index (χ4v) is 2.94. The lowest BCUT2D eigenvalue weighted by molar-refractivity contribution is 0.187. The van der Waals surface area contributed by atoms with Gasteiger partial charge < -0.3 is 4.90 Å². The van der Waals surface area contributed by atoms with Crippen molar-refractivity contribution in [2.45, 2.75) is 78.2 Å². The van der Waals surface area contributed by atoms with Crippen molar-refractivity contribution in [1.82, 2.24) is 4.90 Å². The normalized spacial score (nSPS) is 22.7. The molecule has 1 aliphatic rings. The summed E-state index contributed by atoms with van der Waals surface area (Å²) in [6, 6.07) is 0.810. The Kier molecular flexibility index (Phi) is 7.11. The van der Waals surface area contributed by atoms with Crippen LogP contribution >= 0.6 is 0 Å². The minimum Gasteiger partial charge on any atom is -0.301 e. The molecule has 2 atom stereocenters. The van der Waals surface area contributed by atoms with Crippen LogP contribution in [0, 0.1) is 5.92 Å². The summed E-state index contributed by atoms with van der Waals surface area (Å²) in [5.41, 5.74) is 0. The number of likely N-dealkylation sites (tertiary alicyclic amines) is 1. The van der Waals surface area contributed by atoms with E-state index in [0.29, 0.717) is 0 Å². The zero-order chi connectivity index (χ0) is 11.8. The number of rotatable bonds is 6. The first-order chi connectivity index (χ1) is 7.74. The van der Waals surface area contributed by atoms with Crippen molar-refractivity contribution in [1.29, 1.82) is 0 Å². The molecule has 1 saturated heterocycles. The molecule has 2 unspecified atom stereocenters. The molecule has 0 aliphatic carbocycles. The molecule has 0 aromatic heterocycles. The largest absolute Gasteiger partial charge is 0.301 e. The zero-order valence-electron chi connectivity index (χ0n) is 11.7. The standard InChI is InChI=1S/C15H31N/c1-4-5-10-14(2)13-15(3)16-11-8-6-7-9-12-16/h14-15H,4-13H2,1-3H3. The van der Waals surface area contributed by atoms with Gasteiger partial charge in [-0.15, -0.1) is 0 Å². The summed E-state index contributed by atoms with van der Waals surface area (Å²) in [5.74, 6) is 0.915. The Bertz CT molecular complexity index is 159. The average molecular weight is 225 g/mol. The minimum atomic E-state index is 0.810. The van der Waals surface area contributed by atoms with E-state index in [1.165, 1.54) is 64.5 Å². The predicted octanol–water partition coefficient (Wildman–Crippen LogP) is 4.47. The third kappa shape index (κ3) is 5.34. The van der Waals surface area contributed by atoms with E-state index in [1.807, 2.05) is 0 Å². The third-order valence-corrected chi connectivity index (χ3v) is 4.06. The Morgan fingerprint density at radius 3 is 2.19 bits per heavy atom. The Morgan fingerprint density at radius 2 is 1.62 bits per heavy atom. The number of hydrogen-bond acceptors (Lipinski definition) is 1. The van der Waals surface area contributed by atoms with Gasteiger partial charge in [0.05, 0.1) is 0 Å². The fourth-order valence-electron chi connectivity index (χ4n) is 2.94. The minimum absolute atomic E-state index is 0.810. The van der Waals surface area contributed by atoms with Crippen molar-refractivity contribution < 1.29 is 0 Å². The molecule has 1 fully saturated rings. The maximum atomic E-state index is 2.73. The molecule has 1 nitrogen and oxygen atoms in total. The van der Waals surface area contributed by atoms with Crippen molar-refractivity contribution >= 4 is 0 Å². The molecule has 1 heterocycles. The molecule has 0 aromatic carbocycles. The highest BCUT2D eigenvalue weighted by Gasteiger charge is 2.17. The van der Waals surface area contributed by atoms with E-state index in [0.717, 1.165) is 12.0 Å². The molecule has 96 valence electrons. The van der Waals surface area contributed by atoms with Gasteiger partial charge in [0.25, 0.3) is 0 Å². The summed E-state index contributed by atoms with van der Waals surface area (Å²) in [4.78, 5) is 2.73. The van der Waals surface area contributed by atoms with Gasteiger partial charge in [-0.1, -0.05) is 46.0 Å². The second-order valence-electron chi connectivity index (χ2n) is 5.78. The van der Waals surface area contributed by atoms with Crippen LogP contribution in [0.4, 0.5) is 0 Å². The first kappa shape index (κ1) is 14.0. The van der Waals surface area contributed by atoms with E-state index in [4.69, 9.17) is 0 Å². The van der Waals surface area contributed by atoms with Crippen molar-refractivity contribution in [3.63, 3.8) is 0 Å². The van der Waals surface area contributed by atoms with Crippen molar-refractivity contribution in [2.24, 2.45) is 5.92 Å². The van der Waals surface area contributed by atoms with E-state index in [2.05, 4.69) is 25.7 Å². The molecule has 0 radical (unpaired) electrons. The molecule has 1 heteroatoms. The van der Waals surface area contributed by atoms with Gasteiger partial charge in [0, 0.05) is 6.04 Å². The number of unbranched alkanes of at least 4 members (excludes halogenated alkanes) is 1. The van der Waals surface area contributed by atoms with E-state index < -0.39 is 0 Å². The molecule has 0 aromatic rings. The van der Waals surface area contributed by atoms with Crippen molar-refractivity contribution in [3.8, 4) is 0 Å². The smallest absolute Gasteiger partial charge is 0.00694 e. The van der Waals surface area contributed by atoms with Gasteiger partial charge in [-0.2, -0.15) is 0 Å². The van der Waals surface area contributed by atoms with Crippen molar-refractivity contribution in [3.05, 3.63) is 0 Å². The van der Waals surface area contributed by atoms with Gasteiger partial charge in [-0.25, -0.2) is 0 Å². The second kappa shape index (κ2) is 8.11. The van der Waals surface area contributed by atoms with E-state index in [9.17, 15) is 0 Å². The van der Waals surface area contributed by atoms with Crippen LogP contribution < -0.4 is 0 Å². The molecule has 0 spiro atoms. The predicted molar refractivity (Wildman–Crippen MR) is 72.8 cm³/mol. The highest BCUT2D eigenvalue weighted by Crippen LogP contribution is 2.20. The maximum Gasteiger partial charge on any atom is 0.00694 e. The SMILES string of the molecule is CCCCC(C)CC(C)N1CCCCCC1. The summed E-state index contributed by atoms with van der Waals surface area (Å²) < 4.78 is 0. The highest BCUT2D eigenvalue weighted by atomic mass is 15.1. The van der Waals surface area contributed by atoms with Crippen LogP contribution in [0.1, 0.15) is 72.1 Å². The molecule has 16 heavy (non-hydrogen) atoms. The molecule has 0 amide bonds. The molecule has 1 rings (SSSR count). The molecule has 0 saturated carbocycles. The topological polar surface area (TPSA) is 3.24 Å². The monoisotopic (exact) mass is 225 g/mol. The molecule has 0 N–H and O–H groups in total. The van der Waals surface area contributed by atoms with Crippen LogP contribution in [0.3, 0.4) is 0 Å². The molecule has 0 bridgehead atoms. The van der Waals surface area contributed by atoms with Gasteiger partial charge in [-0.05, 0) is 45.2 Å². The first-order valence-corrected chi connectivity index (χ1v) is 7.48. The van der Waals surface area contributed by atoms with Crippen LogP contribution in [-0.4, -0.2) is 24.0 Å². The van der Waals surface area contributed by atoms with Crippen LogP contribution in [0.15, 0.2) is 0 Å². The van der Waals surface area contributed by atoms with Crippen LogP contribution in [0.2, 0.25) is 0 Å². The van der Waals surface area contributed by atoms with Crippen molar-refractivity contribution in [2.75, 3.05) is 13.1 Å². The van der Waals surface area contributed by atoms with Crippen LogP contribution in [0.5, 0.6) is 0 Å². The van der Waals surface area contributed by atoms with E-state index in [1.54, 1.807) is 0 Å². The summed E-state index contributed by atoms with van der Waals surface area (Å²) in [6.07, 6.45) is 11.3. The number of nitrogens with zero attached hydrogens (tertiary/aromatic N) is 1. The summed E-state index contributed by atoms with van der Waals surface area (Å²) in [5, 5.41) is 0. The maximum absolute atomic E-state index is 2.73. The molecular formula is C15H31N. The Labute approximate surface area is 103 Å². The quantitative estimate of drug-likeness (QED) is 0.645. The Hall–Kier alpha value is -0.0400. The Balaban J connectivity index is 2.23. The summed E-state index contributed by atoms with van der Waals surface area (Å²) in [6.45, 7) is 9.87. The van der Waals surface area contributed by atoms with Gasteiger partial charge in [-0.3, -0.25) is 0 Å². The lowest BCUT2D eigenvalue weighted by atomic mass is 9.96. The van der Waals surface area contributed by atoms with Gasteiger partial charge in [0.2, 0.25) is 0 Å². The average Bonchev–Trinajstić information content (AvgIpc) is 2.54. The third-order valence-electron chi connectivity index (χ3n) is 4.06.